The minimum absolute atomic E-state index is 0.240. The number of rotatable bonds is 5. The van der Waals surface area contributed by atoms with E-state index in [9.17, 15) is 9.50 Å². The number of hydrogen-bond donors (Lipinski definition) is 2. The lowest BCUT2D eigenvalue weighted by Gasteiger charge is -2.20. The van der Waals surface area contributed by atoms with E-state index < -0.39 is 5.60 Å². The van der Waals surface area contributed by atoms with Crippen molar-refractivity contribution in [3.8, 4) is 11.4 Å². The Hall–Kier alpha value is -2.80. The quantitative estimate of drug-likeness (QED) is 0.733. The summed E-state index contributed by atoms with van der Waals surface area (Å²) in [5.74, 6) is 0.851. The van der Waals surface area contributed by atoms with Crippen LogP contribution in [0.15, 0.2) is 30.3 Å². The van der Waals surface area contributed by atoms with Gasteiger partial charge in [-0.3, -0.25) is 0 Å². The third-order valence-electron chi connectivity index (χ3n) is 4.61. The van der Waals surface area contributed by atoms with Gasteiger partial charge in [0.15, 0.2) is 22.8 Å². The van der Waals surface area contributed by atoms with Crippen LogP contribution in [0, 0.1) is 5.82 Å². The number of aromatic nitrogens is 4. The monoisotopic (exact) mass is 355 g/mol. The average molecular weight is 355 g/mol. The predicted octanol–water partition coefficient (Wildman–Crippen LogP) is 3.32. The predicted molar refractivity (Wildman–Crippen MR) is 101 cm³/mol. The lowest BCUT2D eigenvalue weighted by Crippen LogP contribution is -2.22. The first-order valence-corrected chi connectivity index (χ1v) is 8.54. The van der Waals surface area contributed by atoms with Crippen molar-refractivity contribution >= 4 is 23.1 Å². The molecule has 0 saturated carbocycles. The van der Waals surface area contributed by atoms with Gasteiger partial charge < -0.3 is 15.4 Å². The Balaban J connectivity index is 2.09. The van der Waals surface area contributed by atoms with Gasteiger partial charge in [0, 0.05) is 12.6 Å². The number of nitrogen functional groups attached to an aromatic ring is 1. The van der Waals surface area contributed by atoms with E-state index in [0.717, 1.165) is 0 Å². The molecule has 7 heteroatoms. The Morgan fingerprint density at radius 3 is 2.62 bits per heavy atom. The van der Waals surface area contributed by atoms with Gasteiger partial charge in [0.1, 0.15) is 11.6 Å². The number of halogens is 1. The molecule has 0 amide bonds. The lowest BCUT2D eigenvalue weighted by molar-refractivity contribution is 0.0836. The fraction of sp³-hybridized carbons (Fsp3) is 0.316. The molecule has 0 aliphatic carbocycles. The summed E-state index contributed by atoms with van der Waals surface area (Å²) in [7, 11) is 1.80. The van der Waals surface area contributed by atoms with Gasteiger partial charge in [0.05, 0.1) is 5.60 Å². The Morgan fingerprint density at radius 1 is 1.23 bits per heavy atom. The summed E-state index contributed by atoms with van der Waals surface area (Å²) in [5.41, 5.74) is 6.80. The minimum Gasteiger partial charge on any atom is -0.386 e. The van der Waals surface area contributed by atoms with Crippen molar-refractivity contribution in [2.75, 3.05) is 5.73 Å². The van der Waals surface area contributed by atoms with Gasteiger partial charge >= 0.3 is 0 Å². The summed E-state index contributed by atoms with van der Waals surface area (Å²) in [6.07, 6.45) is 4.54. The smallest absolute Gasteiger partial charge is 0.166 e. The lowest BCUT2D eigenvalue weighted by atomic mass is 9.97. The van der Waals surface area contributed by atoms with Crippen LogP contribution in [-0.4, -0.2) is 30.2 Å². The van der Waals surface area contributed by atoms with Crippen LogP contribution in [-0.2, 0) is 7.05 Å². The standard InChI is InChI=1S/C19H22FN5O/c1-4-19(26,5-2)10-9-14-22-16(21)15-18(23-14)25(3)17(24-15)12-7-6-8-13(20)11-12/h6-11,26H,4-5H2,1-3H3,(H2,21,22,23)/b10-9+. The number of aryl methyl sites for hydroxylation is 1. The van der Waals surface area contributed by atoms with E-state index in [1.807, 2.05) is 13.8 Å². The molecule has 0 fully saturated rings. The van der Waals surface area contributed by atoms with E-state index in [1.54, 1.807) is 35.9 Å². The molecule has 3 rings (SSSR count). The highest BCUT2D eigenvalue weighted by Gasteiger charge is 2.19. The molecule has 3 N–H and O–H groups in total. The molecule has 0 spiro atoms. The maximum absolute atomic E-state index is 13.5. The van der Waals surface area contributed by atoms with Crippen LogP contribution in [0.2, 0.25) is 0 Å². The molecular weight excluding hydrogens is 333 g/mol. The maximum Gasteiger partial charge on any atom is 0.166 e. The molecule has 0 aliphatic rings. The summed E-state index contributed by atoms with van der Waals surface area (Å²) in [6.45, 7) is 3.83. The van der Waals surface area contributed by atoms with E-state index in [2.05, 4.69) is 15.0 Å². The number of hydrogen-bond acceptors (Lipinski definition) is 5. The average Bonchev–Trinajstić information content (AvgIpc) is 2.97. The Kier molecular flexibility index (Phi) is 4.73. The molecule has 0 saturated heterocycles. The zero-order valence-corrected chi connectivity index (χ0v) is 15.1. The van der Waals surface area contributed by atoms with Crippen molar-refractivity contribution in [2.24, 2.45) is 7.05 Å². The number of benzene rings is 1. The van der Waals surface area contributed by atoms with Crippen molar-refractivity contribution in [1.82, 2.24) is 19.5 Å². The highest BCUT2D eigenvalue weighted by molar-refractivity contribution is 5.86. The zero-order valence-electron chi connectivity index (χ0n) is 15.1. The highest BCUT2D eigenvalue weighted by Crippen LogP contribution is 2.26. The van der Waals surface area contributed by atoms with Crippen molar-refractivity contribution in [3.63, 3.8) is 0 Å². The van der Waals surface area contributed by atoms with Crippen LogP contribution in [0.1, 0.15) is 32.5 Å². The van der Waals surface area contributed by atoms with Gasteiger partial charge in [-0.15, -0.1) is 0 Å². The van der Waals surface area contributed by atoms with Crippen LogP contribution in [0.3, 0.4) is 0 Å². The van der Waals surface area contributed by atoms with Gasteiger partial charge in [-0.2, -0.15) is 0 Å². The highest BCUT2D eigenvalue weighted by atomic mass is 19.1. The van der Waals surface area contributed by atoms with Crippen LogP contribution >= 0.6 is 0 Å². The third kappa shape index (κ3) is 3.30. The number of fused-ring (bicyclic) bond motifs is 1. The molecule has 0 atom stereocenters. The number of anilines is 1. The molecular formula is C19H22FN5O. The van der Waals surface area contributed by atoms with E-state index >= 15 is 0 Å². The van der Waals surface area contributed by atoms with Gasteiger partial charge in [0.2, 0.25) is 0 Å². The molecule has 0 bridgehead atoms. The fourth-order valence-electron chi connectivity index (χ4n) is 2.78. The second-order valence-corrected chi connectivity index (χ2v) is 6.29. The number of nitrogens with two attached hydrogens (primary N) is 1. The Labute approximate surface area is 151 Å². The summed E-state index contributed by atoms with van der Waals surface area (Å²) in [5, 5.41) is 10.4. The maximum atomic E-state index is 13.5. The van der Waals surface area contributed by atoms with E-state index in [-0.39, 0.29) is 11.6 Å². The van der Waals surface area contributed by atoms with Crippen molar-refractivity contribution in [3.05, 3.63) is 42.0 Å². The van der Waals surface area contributed by atoms with Crippen LogP contribution < -0.4 is 5.73 Å². The van der Waals surface area contributed by atoms with E-state index in [4.69, 9.17) is 5.73 Å². The van der Waals surface area contributed by atoms with Gasteiger partial charge in [0.25, 0.3) is 0 Å². The molecule has 0 radical (unpaired) electrons. The molecule has 0 aliphatic heterocycles. The van der Waals surface area contributed by atoms with Gasteiger partial charge in [-0.1, -0.05) is 26.0 Å². The second-order valence-electron chi connectivity index (χ2n) is 6.29. The van der Waals surface area contributed by atoms with Crippen LogP contribution in [0.25, 0.3) is 28.6 Å². The number of imidazole rings is 1. The molecule has 1 aromatic carbocycles. The second kappa shape index (κ2) is 6.84. The number of nitrogens with zero attached hydrogens (tertiary/aromatic N) is 4. The van der Waals surface area contributed by atoms with Crippen molar-refractivity contribution in [1.29, 1.82) is 0 Å². The molecule has 2 heterocycles. The third-order valence-corrected chi connectivity index (χ3v) is 4.61. The molecule has 136 valence electrons. The zero-order chi connectivity index (χ0) is 18.9. The summed E-state index contributed by atoms with van der Waals surface area (Å²) < 4.78 is 15.3. The summed E-state index contributed by atoms with van der Waals surface area (Å²) in [6, 6.07) is 6.20. The molecule has 0 unspecified atom stereocenters. The first-order valence-electron chi connectivity index (χ1n) is 8.54. The minimum atomic E-state index is -0.897. The topological polar surface area (TPSA) is 89.9 Å². The molecule has 3 aromatic rings. The first kappa shape index (κ1) is 18.0. The Morgan fingerprint density at radius 2 is 1.96 bits per heavy atom. The van der Waals surface area contributed by atoms with Crippen molar-refractivity contribution < 1.29 is 9.50 Å². The van der Waals surface area contributed by atoms with Crippen LogP contribution in [0.5, 0.6) is 0 Å². The normalized spacial score (nSPS) is 12.3. The molecule has 26 heavy (non-hydrogen) atoms. The largest absolute Gasteiger partial charge is 0.386 e. The molecule has 2 aromatic heterocycles. The summed E-state index contributed by atoms with van der Waals surface area (Å²) >= 11 is 0. The number of aliphatic hydroxyl groups is 1. The first-order chi connectivity index (χ1) is 12.4. The van der Waals surface area contributed by atoms with Crippen LogP contribution in [0.4, 0.5) is 10.2 Å². The van der Waals surface area contributed by atoms with E-state index in [1.165, 1.54) is 12.1 Å². The molecule has 6 nitrogen and oxygen atoms in total. The SMILES string of the molecule is CCC(O)(/C=C/c1nc(N)c2nc(-c3cccc(F)c3)n(C)c2n1)CC. The fourth-order valence-corrected chi connectivity index (χ4v) is 2.78. The summed E-state index contributed by atoms with van der Waals surface area (Å²) in [4.78, 5) is 13.2. The Bertz CT molecular complexity index is 975. The van der Waals surface area contributed by atoms with Gasteiger partial charge in [-0.25, -0.2) is 19.3 Å². The van der Waals surface area contributed by atoms with Gasteiger partial charge in [-0.05, 0) is 37.1 Å². The van der Waals surface area contributed by atoms with E-state index in [0.29, 0.717) is 41.2 Å². The van der Waals surface area contributed by atoms with Crippen molar-refractivity contribution in [2.45, 2.75) is 32.3 Å².